The fourth-order valence-electron chi connectivity index (χ4n) is 3.36. The Bertz CT molecular complexity index is 451. The Labute approximate surface area is 150 Å². The second kappa shape index (κ2) is 9.53. The van der Waals surface area contributed by atoms with E-state index in [-0.39, 0.29) is 48.7 Å². The van der Waals surface area contributed by atoms with E-state index in [1.54, 1.807) is 0 Å². The van der Waals surface area contributed by atoms with E-state index in [2.05, 4.69) is 0 Å². The molecule has 1 aliphatic heterocycles. The summed E-state index contributed by atoms with van der Waals surface area (Å²) in [6.07, 6.45) is 4.55. The number of esters is 2. The Morgan fingerprint density at radius 3 is 2.64 bits per heavy atom. The molecule has 2 rings (SSSR count). The molecular formula is C19H32O6. The smallest absolute Gasteiger partial charge is 0.309 e. The Morgan fingerprint density at radius 2 is 2.04 bits per heavy atom. The molecule has 1 heterocycles. The van der Waals surface area contributed by atoms with Crippen molar-refractivity contribution >= 4 is 11.9 Å². The van der Waals surface area contributed by atoms with Gasteiger partial charge >= 0.3 is 11.9 Å². The van der Waals surface area contributed by atoms with E-state index in [1.807, 2.05) is 20.8 Å². The van der Waals surface area contributed by atoms with Gasteiger partial charge in [-0.05, 0) is 46.0 Å². The Kier molecular flexibility index (Phi) is 7.69. The van der Waals surface area contributed by atoms with Crippen molar-refractivity contribution in [2.75, 3.05) is 6.61 Å². The van der Waals surface area contributed by atoms with Gasteiger partial charge in [0, 0.05) is 6.42 Å². The van der Waals surface area contributed by atoms with Crippen molar-refractivity contribution in [3.8, 4) is 0 Å². The molecule has 0 bridgehead atoms. The first-order chi connectivity index (χ1) is 11.9. The summed E-state index contributed by atoms with van der Waals surface area (Å²) in [6.45, 7) is 6.03. The summed E-state index contributed by atoms with van der Waals surface area (Å²) in [6, 6.07) is 0. The number of carbonyl (C=O) groups is 2. The van der Waals surface area contributed by atoms with E-state index >= 15 is 0 Å². The van der Waals surface area contributed by atoms with Crippen molar-refractivity contribution < 1.29 is 28.9 Å². The zero-order chi connectivity index (χ0) is 18.4. The molecule has 25 heavy (non-hydrogen) atoms. The number of carbonyl (C=O) groups excluding carboxylic acids is 2. The molecule has 6 heteroatoms. The van der Waals surface area contributed by atoms with Crippen LogP contribution in [0.3, 0.4) is 0 Å². The van der Waals surface area contributed by atoms with Crippen LogP contribution in [0.4, 0.5) is 0 Å². The molecule has 1 saturated heterocycles. The van der Waals surface area contributed by atoms with Crippen molar-refractivity contribution in [1.29, 1.82) is 0 Å². The highest BCUT2D eigenvalue weighted by atomic mass is 16.6. The third-order valence-corrected chi connectivity index (χ3v) is 5.25. The van der Waals surface area contributed by atoms with Crippen LogP contribution in [0.25, 0.3) is 0 Å². The van der Waals surface area contributed by atoms with Gasteiger partial charge in [0.25, 0.3) is 0 Å². The van der Waals surface area contributed by atoms with E-state index in [0.717, 1.165) is 25.7 Å². The van der Waals surface area contributed by atoms with Gasteiger partial charge in [-0.15, -0.1) is 0 Å². The van der Waals surface area contributed by atoms with Crippen LogP contribution in [-0.4, -0.2) is 48.1 Å². The van der Waals surface area contributed by atoms with Crippen LogP contribution in [0.2, 0.25) is 0 Å². The second-order valence-electron chi connectivity index (χ2n) is 7.44. The van der Waals surface area contributed by atoms with Gasteiger partial charge in [-0.3, -0.25) is 9.59 Å². The number of rotatable bonds is 9. The maximum Gasteiger partial charge on any atom is 0.309 e. The van der Waals surface area contributed by atoms with Gasteiger partial charge in [0.05, 0.1) is 36.8 Å². The third kappa shape index (κ3) is 6.59. The Hall–Kier alpha value is -1.14. The minimum atomic E-state index is -0.397. The van der Waals surface area contributed by atoms with E-state index in [4.69, 9.17) is 14.2 Å². The molecule has 0 amide bonds. The number of hydrogen-bond acceptors (Lipinski definition) is 6. The average molecular weight is 356 g/mol. The molecule has 1 N–H and O–H groups in total. The number of hydrogen-bond donors (Lipinski definition) is 1. The number of ether oxygens (including phenoxy) is 3. The average Bonchev–Trinajstić information content (AvgIpc) is 3.27. The largest absolute Gasteiger partial charge is 0.465 e. The summed E-state index contributed by atoms with van der Waals surface area (Å²) in [5, 5.41) is 9.65. The minimum Gasteiger partial charge on any atom is -0.465 e. The lowest BCUT2D eigenvalue weighted by atomic mass is 9.87. The molecule has 6 atom stereocenters. The summed E-state index contributed by atoms with van der Waals surface area (Å²) in [5.74, 6) is -0.779. The van der Waals surface area contributed by atoms with Crippen molar-refractivity contribution in [1.82, 2.24) is 0 Å². The van der Waals surface area contributed by atoms with Crippen LogP contribution < -0.4 is 0 Å². The number of aliphatic hydroxyl groups excluding tert-OH is 1. The van der Waals surface area contributed by atoms with Crippen molar-refractivity contribution in [3.63, 3.8) is 0 Å². The highest BCUT2D eigenvalue weighted by Crippen LogP contribution is 2.29. The molecule has 0 radical (unpaired) electrons. The summed E-state index contributed by atoms with van der Waals surface area (Å²) >= 11 is 0. The molecule has 144 valence electrons. The molecule has 2 fully saturated rings. The Morgan fingerprint density at radius 1 is 1.32 bits per heavy atom. The maximum absolute atomic E-state index is 12.1. The Balaban J connectivity index is 1.62. The summed E-state index contributed by atoms with van der Waals surface area (Å²) < 4.78 is 16.1. The van der Waals surface area contributed by atoms with Crippen LogP contribution in [0, 0.1) is 11.8 Å². The summed E-state index contributed by atoms with van der Waals surface area (Å²) in [5.41, 5.74) is 0. The van der Waals surface area contributed by atoms with Crippen LogP contribution in [0.1, 0.15) is 65.7 Å². The van der Waals surface area contributed by atoms with E-state index < -0.39 is 6.10 Å². The van der Waals surface area contributed by atoms with Crippen LogP contribution in [0.15, 0.2) is 0 Å². The van der Waals surface area contributed by atoms with Gasteiger partial charge in [0.15, 0.2) is 0 Å². The molecule has 6 nitrogen and oxygen atoms in total. The molecule has 0 spiro atoms. The highest BCUT2D eigenvalue weighted by Gasteiger charge is 2.38. The standard InChI is InChI=1S/C19H32O6/c1-4-14(11-17-13(3)25-17)18(21)23-9-8-12(2)24-19(22)15-6-5-7-16(20)10-15/h12-17,20H,4-11H2,1-3H3. The van der Waals surface area contributed by atoms with Crippen LogP contribution in [-0.2, 0) is 23.8 Å². The maximum atomic E-state index is 12.1. The van der Waals surface area contributed by atoms with E-state index in [9.17, 15) is 14.7 Å². The fourth-order valence-corrected chi connectivity index (χ4v) is 3.36. The summed E-state index contributed by atoms with van der Waals surface area (Å²) in [7, 11) is 0. The van der Waals surface area contributed by atoms with Crippen molar-refractivity contribution in [2.24, 2.45) is 11.8 Å². The summed E-state index contributed by atoms with van der Waals surface area (Å²) in [4.78, 5) is 24.2. The van der Waals surface area contributed by atoms with Crippen molar-refractivity contribution in [3.05, 3.63) is 0 Å². The van der Waals surface area contributed by atoms with Crippen LogP contribution in [0.5, 0.6) is 0 Å². The first-order valence-electron chi connectivity index (χ1n) is 9.61. The monoisotopic (exact) mass is 356 g/mol. The van der Waals surface area contributed by atoms with Gasteiger partial charge < -0.3 is 19.3 Å². The van der Waals surface area contributed by atoms with Gasteiger partial charge in [-0.25, -0.2) is 0 Å². The number of aliphatic hydroxyl groups is 1. The molecule has 1 aliphatic carbocycles. The van der Waals surface area contributed by atoms with Gasteiger partial charge in [0.2, 0.25) is 0 Å². The molecule has 2 aliphatic rings. The molecule has 0 aromatic rings. The lowest BCUT2D eigenvalue weighted by molar-refractivity contribution is -0.157. The van der Waals surface area contributed by atoms with E-state index in [0.29, 0.717) is 19.3 Å². The fraction of sp³-hybridized carbons (Fsp3) is 0.895. The zero-order valence-electron chi connectivity index (χ0n) is 15.6. The first kappa shape index (κ1) is 20.2. The molecular weight excluding hydrogens is 324 g/mol. The highest BCUT2D eigenvalue weighted by molar-refractivity contribution is 5.73. The topological polar surface area (TPSA) is 85.4 Å². The molecule has 0 aromatic carbocycles. The second-order valence-corrected chi connectivity index (χ2v) is 7.44. The lowest BCUT2D eigenvalue weighted by Crippen LogP contribution is -2.30. The van der Waals surface area contributed by atoms with Gasteiger partial charge in [-0.2, -0.15) is 0 Å². The lowest BCUT2D eigenvalue weighted by Gasteiger charge is -2.25. The van der Waals surface area contributed by atoms with E-state index in [1.165, 1.54) is 0 Å². The predicted molar refractivity (Wildman–Crippen MR) is 91.8 cm³/mol. The van der Waals surface area contributed by atoms with Gasteiger partial charge in [0.1, 0.15) is 6.10 Å². The van der Waals surface area contributed by atoms with Crippen LogP contribution >= 0.6 is 0 Å². The zero-order valence-corrected chi connectivity index (χ0v) is 15.6. The quantitative estimate of drug-likeness (QED) is 0.505. The third-order valence-electron chi connectivity index (χ3n) is 5.25. The predicted octanol–water partition coefficient (Wildman–Crippen LogP) is 2.61. The first-order valence-corrected chi connectivity index (χ1v) is 9.61. The van der Waals surface area contributed by atoms with Gasteiger partial charge in [-0.1, -0.05) is 13.3 Å². The molecule has 1 saturated carbocycles. The molecule has 6 unspecified atom stereocenters. The minimum absolute atomic E-state index is 0.128. The normalized spacial score (nSPS) is 31.0. The molecule has 0 aromatic heterocycles. The number of epoxide rings is 1. The van der Waals surface area contributed by atoms with Crippen molar-refractivity contribution in [2.45, 2.75) is 90.1 Å². The SMILES string of the molecule is CCC(CC1OC1C)C(=O)OCCC(C)OC(=O)C1CCCC(O)C1.